The zero-order chi connectivity index (χ0) is 11.6. The maximum absolute atomic E-state index is 12.2. The summed E-state index contributed by atoms with van der Waals surface area (Å²) in [5.74, 6) is 1.48. The fraction of sp³-hybridized carbons (Fsp3) is 0.917. The van der Waals surface area contributed by atoms with Crippen LogP contribution in [-0.4, -0.2) is 49.0 Å². The molecule has 2 aliphatic heterocycles. The lowest BCUT2D eigenvalue weighted by atomic mass is 9.86. The molecule has 1 N–H and O–H groups in total. The van der Waals surface area contributed by atoms with Crippen molar-refractivity contribution in [2.45, 2.75) is 19.8 Å². The number of likely N-dealkylation sites (tertiary alicyclic amines) is 1. The zero-order valence-corrected chi connectivity index (χ0v) is 11.1. The first-order valence-corrected chi connectivity index (χ1v) is 7.55. The first kappa shape index (κ1) is 12.2. The van der Waals surface area contributed by atoms with E-state index in [9.17, 15) is 4.79 Å². The third kappa shape index (κ3) is 2.38. The van der Waals surface area contributed by atoms with Gasteiger partial charge in [0, 0.05) is 36.7 Å². The van der Waals surface area contributed by atoms with Crippen molar-refractivity contribution in [2.24, 2.45) is 11.3 Å². The number of thioether (sulfide) groups is 1. The van der Waals surface area contributed by atoms with E-state index < -0.39 is 0 Å². The first-order valence-electron chi connectivity index (χ1n) is 6.15. The second-order valence-corrected chi connectivity index (χ2v) is 6.20. The summed E-state index contributed by atoms with van der Waals surface area (Å²) < 4.78 is 0. The molecule has 16 heavy (non-hydrogen) atoms. The Morgan fingerprint density at radius 1 is 1.56 bits per heavy atom. The second kappa shape index (κ2) is 4.96. The van der Waals surface area contributed by atoms with Gasteiger partial charge in [0.15, 0.2) is 0 Å². The number of rotatable bonds is 3. The molecule has 2 saturated heterocycles. The van der Waals surface area contributed by atoms with Crippen molar-refractivity contribution in [2.75, 3.05) is 38.2 Å². The van der Waals surface area contributed by atoms with Gasteiger partial charge in [-0.05, 0) is 25.6 Å². The van der Waals surface area contributed by atoms with Crippen LogP contribution in [0.15, 0.2) is 0 Å². The molecule has 92 valence electrons. The van der Waals surface area contributed by atoms with Gasteiger partial charge in [0.05, 0.1) is 0 Å². The minimum atomic E-state index is 0.180. The van der Waals surface area contributed by atoms with Gasteiger partial charge in [0.2, 0.25) is 5.91 Å². The van der Waals surface area contributed by atoms with Crippen LogP contribution < -0.4 is 5.32 Å². The van der Waals surface area contributed by atoms with Gasteiger partial charge >= 0.3 is 0 Å². The van der Waals surface area contributed by atoms with E-state index in [0.717, 1.165) is 31.9 Å². The summed E-state index contributed by atoms with van der Waals surface area (Å²) in [5.41, 5.74) is 0.411. The van der Waals surface area contributed by atoms with Crippen molar-refractivity contribution in [3.8, 4) is 0 Å². The molecule has 3 nitrogen and oxygen atoms in total. The molecular weight excluding hydrogens is 220 g/mol. The standard InChI is InChI=1S/C12H22N2OS/c1-10(7-16-2)11(15)14-6-4-12(9-14)3-5-13-8-12/h10,13H,3-9H2,1-2H3. The highest BCUT2D eigenvalue weighted by molar-refractivity contribution is 7.98. The molecule has 0 aromatic heterocycles. The van der Waals surface area contributed by atoms with Gasteiger partial charge in [0.25, 0.3) is 0 Å². The molecule has 2 fully saturated rings. The lowest BCUT2D eigenvalue weighted by Crippen LogP contribution is -2.37. The summed E-state index contributed by atoms with van der Waals surface area (Å²) in [6.07, 6.45) is 4.50. The highest BCUT2D eigenvalue weighted by Gasteiger charge is 2.42. The number of carbonyl (C=O) groups excluding carboxylic acids is 1. The lowest BCUT2D eigenvalue weighted by molar-refractivity contribution is -0.133. The van der Waals surface area contributed by atoms with Gasteiger partial charge in [-0.2, -0.15) is 11.8 Å². The third-order valence-electron chi connectivity index (χ3n) is 3.92. The highest BCUT2D eigenvalue weighted by Crippen LogP contribution is 2.36. The molecule has 0 saturated carbocycles. The Bertz CT molecular complexity index is 264. The Balaban J connectivity index is 1.90. The van der Waals surface area contributed by atoms with Gasteiger partial charge in [-0.25, -0.2) is 0 Å². The smallest absolute Gasteiger partial charge is 0.226 e. The summed E-state index contributed by atoms with van der Waals surface area (Å²) in [6.45, 7) is 6.24. The molecule has 2 unspecified atom stereocenters. The van der Waals surface area contributed by atoms with E-state index in [1.165, 1.54) is 12.8 Å². The number of hydrogen-bond donors (Lipinski definition) is 1. The van der Waals surface area contributed by atoms with E-state index in [0.29, 0.717) is 11.3 Å². The summed E-state index contributed by atoms with van der Waals surface area (Å²) in [6, 6.07) is 0. The van der Waals surface area contributed by atoms with Gasteiger partial charge in [-0.15, -0.1) is 0 Å². The Hall–Kier alpha value is -0.220. The Morgan fingerprint density at radius 2 is 2.38 bits per heavy atom. The molecule has 2 heterocycles. The maximum Gasteiger partial charge on any atom is 0.226 e. The number of nitrogens with one attached hydrogen (secondary N) is 1. The maximum atomic E-state index is 12.2. The van der Waals surface area contributed by atoms with Crippen LogP contribution in [0.2, 0.25) is 0 Å². The molecule has 1 spiro atoms. The average molecular weight is 242 g/mol. The van der Waals surface area contributed by atoms with Crippen molar-refractivity contribution in [3.63, 3.8) is 0 Å². The topological polar surface area (TPSA) is 32.3 Å². The average Bonchev–Trinajstić information content (AvgIpc) is 2.89. The van der Waals surface area contributed by atoms with E-state index in [4.69, 9.17) is 0 Å². The summed E-state index contributed by atoms with van der Waals surface area (Å²) >= 11 is 1.76. The molecule has 2 rings (SSSR count). The summed E-state index contributed by atoms with van der Waals surface area (Å²) in [5, 5.41) is 3.43. The molecular formula is C12H22N2OS. The zero-order valence-electron chi connectivity index (χ0n) is 10.3. The highest BCUT2D eigenvalue weighted by atomic mass is 32.2. The lowest BCUT2D eigenvalue weighted by Gasteiger charge is -2.24. The fourth-order valence-electron chi connectivity index (χ4n) is 2.90. The van der Waals surface area contributed by atoms with Crippen LogP contribution in [0.5, 0.6) is 0 Å². The Labute approximate surface area is 102 Å². The van der Waals surface area contributed by atoms with Crippen molar-refractivity contribution in [1.29, 1.82) is 0 Å². The molecule has 0 aliphatic carbocycles. The predicted molar refractivity (Wildman–Crippen MR) is 68.7 cm³/mol. The van der Waals surface area contributed by atoms with Crippen molar-refractivity contribution in [3.05, 3.63) is 0 Å². The monoisotopic (exact) mass is 242 g/mol. The number of carbonyl (C=O) groups is 1. The van der Waals surface area contributed by atoms with Crippen LogP contribution in [-0.2, 0) is 4.79 Å². The van der Waals surface area contributed by atoms with Crippen molar-refractivity contribution in [1.82, 2.24) is 10.2 Å². The van der Waals surface area contributed by atoms with Crippen LogP contribution in [0.3, 0.4) is 0 Å². The predicted octanol–water partition coefficient (Wildman–Crippen LogP) is 1.20. The second-order valence-electron chi connectivity index (χ2n) is 5.29. The van der Waals surface area contributed by atoms with Crippen LogP contribution in [0.25, 0.3) is 0 Å². The van der Waals surface area contributed by atoms with Crippen molar-refractivity contribution >= 4 is 17.7 Å². The van der Waals surface area contributed by atoms with Gasteiger partial charge in [0.1, 0.15) is 0 Å². The first-order chi connectivity index (χ1) is 7.67. The van der Waals surface area contributed by atoms with Crippen LogP contribution in [0.4, 0.5) is 0 Å². The van der Waals surface area contributed by atoms with Gasteiger partial charge < -0.3 is 10.2 Å². The molecule has 2 atom stereocenters. The number of amides is 1. The molecule has 2 aliphatic rings. The third-order valence-corrected chi connectivity index (χ3v) is 4.75. The van der Waals surface area contributed by atoms with Crippen LogP contribution in [0.1, 0.15) is 19.8 Å². The van der Waals surface area contributed by atoms with E-state index in [1.54, 1.807) is 11.8 Å². The van der Waals surface area contributed by atoms with Crippen LogP contribution in [0, 0.1) is 11.3 Å². The SMILES string of the molecule is CSCC(C)C(=O)N1CCC2(CCNC2)C1. The molecule has 0 bridgehead atoms. The molecule has 0 aromatic rings. The molecule has 1 amide bonds. The van der Waals surface area contributed by atoms with Gasteiger partial charge in [-0.3, -0.25) is 4.79 Å². The van der Waals surface area contributed by atoms with E-state index in [-0.39, 0.29) is 5.92 Å². The van der Waals surface area contributed by atoms with E-state index in [1.807, 2.05) is 0 Å². The number of hydrogen-bond acceptors (Lipinski definition) is 3. The fourth-order valence-corrected chi connectivity index (χ4v) is 3.54. The molecule has 4 heteroatoms. The van der Waals surface area contributed by atoms with E-state index >= 15 is 0 Å². The Morgan fingerprint density at radius 3 is 3.00 bits per heavy atom. The largest absolute Gasteiger partial charge is 0.342 e. The molecule has 0 radical (unpaired) electrons. The summed E-state index contributed by atoms with van der Waals surface area (Å²) in [7, 11) is 0. The minimum absolute atomic E-state index is 0.180. The Kier molecular flexibility index (Phi) is 3.80. The number of nitrogens with zero attached hydrogens (tertiary/aromatic N) is 1. The molecule has 0 aromatic carbocycles. The summed E-state index contributed by atoms with van der Waals surface area (Å²) in [4.78, 5) is 14.3. The van der Waals surface area contributed by atoms with E-state index in [2.05, 4.69) is 23.4 Å². The van der Waals surface area contributed by atoms with Gasteiger partial charge in [-0.1, -0.05) is 6.92 Å². The normalized spacial score (nSPS) is 31.2. The van der Waals surface area contributed by atoms with Crippen LogP contribution >= 0.6 is 11.8 Å². The van der Waals surface area contributed by atoms with Crippen molar-refractivity contribution < 1.29 is 4.79 Å². The minimum Gasteiger partial charge on any atom is -0.342 e. The quantitative estimate of drug-likeness (QED) is 0.807.